The van der Waals surface area contributed by atoms with Gasteiger partial charge in [0.25, 0.3) is 17.7 Å². The van der Waals surface area contributed by atoms with E-state index in [0.717, 1.165) is 35.1 Å². The predicted octanol–water partition coefficient (Wildman–Crippen LogP) is 8.46. The van der Waals surface area contributed by atoms with Crippen molar-refractivity contribution < 1.29 is 23.0 Å². The molecule has 0 atom stereocenters. The summed E-state index contributed by atoms with van der Waals surface area (Å²) in [5.74, 6) is -2.89. The summed E-state index contributed by atoms with van der Waals surface area (Å²) in [5, 5.41) is 16.1. The second kappa shape index (κ2) is 12.9. The Morgan fingerprint density at radius 1 is 0.911 bits per heavy atom. The summed E-state index contributed by atoms with van der Waals surface area (Å²) in [4.78, 5) is 16.3. The van der Waals surface area contributed by atoms with E-state index in [0.29, 0.717) is 21.7 Å². The molecule has 0 bridgehead atoms. The number of anilines is 1. The number of hydrogen-bond acceptors (Lipinski definition) is 3. The number of carbonyl (C=O) groups is 1. The SMILES string of the molecule is CCC(F)(F)c1cccc(NC(=O)c2c(C)[nH]c(-c3ccc(OC)c(-c4c(C)cc(CCc5ccccc5)cc4C)c3)[n+]2[O-])c1. The molecule has 1 aromatic heterocycles. The third-order valence-electron chi connectivity index (χ3n) is 8.15. The third kappa shape index (κ3) is 6.60. The Morgan fingerprint density at radius 2 is 1.60 bits per heavy atom. The predicted molar refractivity (Wildman–Crippen MR) is 174 cm³/mol. The van der Waals surface area contributed by atoms with Gasteiger partial charge in [-0.3, -0.25) is 4.79 Å². The molecule has 5 aromatic rings. The van der Waals surface area contributed by atoms with Gasteiger partial charge in [-0.2, -0.15) is 0 Å². The molecule has 0 saturated heterocycles. The standard InChI is InChI=1S/C37H37F2N3O3/c1-6-37(38,39)29-13-10-14-30(22-29)41-36(43)34-25(4)40-35(42(34)44)28-17-18-32(45-5)31(21-28)33-23(2)19-27(20-24(33)3)16-15-26-11-8-7-9-12-26/h7-14,17-22,40H,6,15-16H2,1-5H3,(H,41,43). The average molecular weight is 610 g/mol. The number of carbonyl (C=O) groups excluding carboxylic acids is 1. The third-order valence-corrected chi connectivity index (χ3v) is 8.15. The first-order valence-corrected chi connectivity index (χ1v) is 15.0. The monoisotopic (exact) mass is 609 g/mol. The molecule has 5 rings (SSSR count). The number of methoxy groups -OCH3 is 1. The number of aromatic nitrogens is 2. The highest BCUT2D eigenvalue weighted by molar-refractivity contribution is 6.03. The van der Waals surface area contributed by atoms with Gasteiger partial charge in [0.05, 0.1) is 12.7 Å². The number of hydrogen-bond donors (Lipinski definition) is 2. The molecule has 232 valence electrons. The lowest BCUT2D eigenvalue weighted by Crippen LogP contribution is -2.36. The maximum atomic E-state index is 14.2. The quantitative estimate of drug-likeness (QED) is 0.123. The lowest BCUT2D eigenvalue weighted by molar-refractivity contribution is -0.594. The molecule has 0 aliphatic carbocycles. The summed E-state index contributed by atoms with van der Waals surface area (Å²) in [5.41, 5.74) is 7.28. The fourth-order valence-electron chi connectivity index (χ4n) is 5.83. The first kappa shape index (κ1) is 31.4. The molecule has 8 heteroatoms. The molecule has 0 unspecified atom stereocenters. The minimum atomic E-state index is -3.03. The summed E-state index contributed by atoms with van der Waals surface area (Å²) in [7, 11) is 1.61. The molecule has 1 amide bonds. The smallest absolute Gasteiger partial charge is 0.300 e. The van der Waals surface area contributed by atoms with Gasteiger partial charge in [-0.1, -0.05) is 61.5 Å². The first-order valence-electron chi connectivity index (χ1n) is 15.0. The van der Waals surface area contributed by atoms with Crippen LogP contribution in [0.25, 0.3) is 22.5 Å². The zero-order valence-corrected chi connectivity index (χ0v) is 26.1. The lowest BCUT2D eigenvalue weighted by atomic mass is 9.90. The van der Waals surface area contributed by atoms with E-state index in [-0.39, 0.29) is 29.2 Å². The van der Waals surface area contributed by atoms with Gasteiger partial charge in [0.15, 0.2) is 5.69 Å². The molecule has 0 saturated carbocycles. The van der Waals surface area contributed by atoms with Crippen molar-refractivity contribution in [2.24, 2.45) is 0 Å². The van der Waals surface area contributed by atoms with Crippen LogP contribution in [0.15, 0.2) is 84.9 Å². The molecule has 2 N–H and O–H groups in total. The van der Waals surface area contributed by atoms with E-state index in [1.807, 2.05) is 18.2 Å². The van der Waals surface area contributed by atoms with Crippen LogP contribution in [0.1, 0.15) is 57.3 Å². The van der Waals surface area contributed by atoms with Crippen molar-refractivity contribution in [1.29, 1.82) is 0 Å². The van der Waals surface area contributed by atoms with E-state index in [1.54, 1.807) is 20.1 Å². The Kier molecular flexibility index (Phi) is 9.04. The van der Waals surface area contributed by atoms with Crippen LogP contribution < -0.4 is 14.8 Å². The van der Waals surface area contributed by atoms with Gasteiger partial charge >= 0.3 is 0 Å². The second-order valence-electron chi connectivity index (χ2n) is 11.3. The van der Waals surface area contributed by atoms with Crippen LogP contribution in [-0.4, -0.2) is 18.0 Å². The molecule has 1 heterocycles. The molecule has 0 spiro atoms. The van der Waals surface area contributed by atoms with Crippen LogP contribution in [0.5, 0.6) is 5.75 Å². The van der Waals surface area contributed by atoms with E-state index in [9.17, 15) is 18.8 Å². The Morgan fingerprint density at radius 3 is 2.27 bits per heavy atom. The largest absolute Gasteiger partial charge is 0.710 e. The average Bonchev–Trinajstić information content (AvgIpc) is 3.33. The molecule has 0 aliphatic rings. The number of benzene rings is 4. The van der Waals surface area contributed by atoms with Gasteiger partial charge in [0.2, 0.25) is 5.69 Å². The number of nitrogens with zero attached hydrogens (tertiary/aromatic N) is 1. The molecular formula is C37H37F2N3O3. The van der Waals surface area contributed by atoms with Gasteiger partial charge in [-0.05, 0) is 84.8 Å². The van der Waals surface area contributed by atoms with Crippen molar-refractivity contribution in [3.8, 4) is 28.3 Å². The number of nitrogens with one attached hydrogen (secondary N) is 2. The van der Waals surface area contributed by atoms with Crippen LogP contribution >= 0.6 is 0 Å². The molecule has 0 radical (unpaired) electrons. The van der Waals surface area contributed by atoms with Gasteiger partial charge in [-0.15, -0.1) is 0 Å². The van der Waals surface area contributed by atoms with E-state index in [2.05, 4.69) is 60.5 Å². The highest BCUT2D eigenvalue weighted by Gasteiger charge is 2.30. The van der Waals surface area contributed by atoms with Crippen LogP contribution in [-0.2, 0) is 18.8 Å². The fraction of sp³-hybridized carbons (Fsp3) is 0.243. The number of halogens is 2. The van der Waals surface area contributed by atoms with Crippen molar-refractivity contribution in [2.75, 3.05) is 12.4 Å². The minimum Gasteiger partial charge on any atom is -0.710 e. The molecule has 45 heavy (non-hydrogen) atoms. The minimum absolute atomic E-state index is 0.148. The Hall–Kier alpha value is -4.98. The summed E-state index contributed by atoms with van der Waals surface area (Å²) in [6, 6.07) is 25.7. The zero-order chi connectivity index (χ0) is 32.3. The van der Waals surface area contributed by atoms with E-state index >= 15 is 0 Å². The normalized spacial score (nSPS) is 11.4. The molecular weight excluding hydrogens is 572 g/mol. The van der Waals surface area contributed by atoms with Gasteiger partial charge in [0, 0.05) is 30.2 Å². The second-order valence-corrected chi connectivity index (χ2v) is 11.3. The Bertz CT molecular complexity index is 1820. The number of alkyl halides is 2. The van der Waals surface area contributed by atoms with E-state index in [4.69, 9.17) is 4.74 Å². The van der Waals surface area contributed by atoms with Gasteiger partial charge in [-0.25, -0.2) is 18.5 Å². The summed E-state index contributed by atoms with van der Waals surface area (Å²) >= 11 is 0. The van der Waals surface area contributed by atoms with Crippen LogP contribution in [0.3, 0.4) is 0 Å². The number of amides is 1. The Labute approximate surface area is 262 Å². The zero-order valence-electron chi connectivity index (χ0n) is 26.1. The van der Waals surface area contributed by atoms with Crippen molar-refractivity contribution >= 4 is 11.6 Å². The Balaban J connectivity index is 1.45. The van der Waals surface area contributed by atoms with Gasteiger partial charge < -0.3 is 15.3 Å². The van der Waals surface area contributed by atoms with Crippen LogP contribution in [0.2, 0.25) is 0 Å². The number of imidazole rings is 1. The van der Waals surface area contributed by atoms with Crippen molar-refractivity contribution in [1.82, 2.24) is 4.98 Å². The number of aryl methyl sites for hydroxylation is 5. The molecule has 6 nitrogen and oxygen atoms in total. The highest BCUT2D eigenvalue weighted by atomic mass is 19.3. The topological polar surface area (TPSA) is 81.1 Å². The van der Waals surface area contributed by atoms with Crippen molar-refractivity contribution in [3.63, 3.8) is 0 Å². The summed E-state index contributed by atoms with van der Waals surface area (Å²) < 4.78 is 34.8. The molecule has 0 aliphatic heterocycles. The van der Waals surface area contributed by atoms with Crippen LogP contribution in [0, 0.1) is 26.0 Å². The summed E-state index contributed by atoms with van der Waals surface area (Å²) in [6.07, 6.45) is 1.49. The number of ether oxygens (including phenoxy) is 1. The lowest BCUT2D eigenvalue weighted by Gasteiger charge is -2.17. The number of rotatable bonds is 10. The van der Waals surface area contributed by atoms with Crippen molar-refractivity contribution in [3.05, 3.63) is 129 Å². The number of aromatic amines is 1. The highest BCUT2D eigenvalue weighted by Crippen LogP contribution is 2.38. The molecule has 0 fully saturated rings. The van der Waals surface area contributed by atoms with E-state index in [1.165, 1.54) is 42.3 Å². The summed E-state index contributed by atoms with van der Waals surface area (Å²) in [6.45, 7) is 7.16. The number of H-pyrrole nitrogens is 1. The molecule has 4 aromatic carbocycles. The van der Waals surface area contributed by atoms with Gasteiger partial charge in [0.1, 0.15) is 5.75 Å². The maximum absolute atomic E-state index is 14.2. The maximum Gasteiger partial charge on any atom is 0.300 e. The van der Waals surface area contributed by atoms with Crippen molar-refractivity contribution in [2.45, 2.75) is 52.9 Å². The fourth-order valence-corrected chi connectivity index (χ4v) is 5.83. The first-order chi connectivity index (χ1) is 21.5. The van der Waals surface area contributed by atoms with E-state index < -0.39 is 11.8 Å². The van der Waals surface area contributed by atoms with Crippen LogP contribution in [0.4, 0.5) is 14.5 Å².